The third-order valence-corrected chi connectivity index (χ3v) is 2.85. The fourth-order valence-corrected chi connectivity index (χ4v) is 1.90. The highest BCUT2D eigenvalue weighted by molar-refractivity contribution is 5.88. The van der Waals surface area contributed by atoms with E-state index in [1.807, 2.05) is 0 Å². The number of methoxy groups -OCH3 is 1. The Kier molecular flexibility index (Phi) is 3.99. The van der Waals surface area contributed by atoms with Crippen molar-refractivity contribution in [3.8, 4) is 0 Å². The molecular weight excluding hydrogens is 236 g/mol. The minimum absolute atomic E-state index is 0.104. The lowest BCUT2D eigenvalue weighted by Crippen LogP contribution is -2.35. The molecule has 0 radical (unpaired) electrons. The number of furan rings is 1. The molecule has 0 aliphatic carbocycles. The van der Waals surface area contributed by atoms with E-state index in [-0.39, 0.29) is 11.9 Å². The number of ether oxygens (including phenoxy) is 1. The summed E-state index contributed by atoms with van der Waals surface area (Å²) in [5.41, 5.74) is 0.406. The van der Waals surface area contributed by atoms with Gasteiger partial charge in [-0.15, -0.1) is 0 Å². The predicted molar refractivity (Wildman–Crippen MR) is 62.9 cm³/mol. The number of amides is 1. The molecule has 1 fully saturated rings. The van der Waals surface area contributed by atoms with E-state index in [0.29, 0.717) is 30.8 Å². The van der Waals surface area contributed by atoms with Crippen LogP contribution in [0.3, 0.4) is 0 Å². The largest absolute Gasteiger partial charge is 0.467 e. The summed E-state index contributed by atoms with van der Waals surface area (Å²) < 4.78 is 9.80. The van der Waals surface area contributed by atoms with Gasteiger partial charge in [0.2, 0.25) is 5.91 Å². The molecule has 0 aromatic carbocycles. The fraction of sp³-hybridized carbons (Fsp3) is 0.500. The van der Waals surface area contributed by atoms with Crippen LogP contribution in [0.1, 0.15) is 29.0 Å². The molecule has 1 atom stereocenters. The van der Waals surface area contributed by atoms with Crippen molar-refractivity contribution < 1.29 is 18.7 Å². The van der Waals surface area contributed by atoms with Crippen molar-refractivity contribution in [2.45, 2.75) is 25.4 Å². The van der Waals surface area contributed by atoms with E-state index in [9.17, 15) is 9.59 Å². The topological polar surface area (TPSA) is 80.6 Å². The maximum absolute atomic E-state index is 11.2. The number of hydrogen-bond donors (Lipinski definition) is 2. The molecule has 1 aromatic heterocycles. The first kappa shape index (κ1) is 12.6. The molecule has 6 nitrogen and oxygen atoms in total. The molecular formula is C12H16N2O4. The minimum atomic E-state index is -0.409. The van der Waals surface area contributed by atoms with Gasteiger partial charge in [-0.3, -0.25) is 4.79 Å². The van der Waals surface area contributed by atoms with Crippen LogP contribution >= 0.6 is 0 Å². The van der Waals surface area contributed by atoms with Crippen molar-refractivity contribution in [3.63, 3.8) is 0 Å². The van der Waals surface area contributed by atoms with Gasteiger partial charge in [0.15, 0.2) is 0 Å². The van der Waals surface area contributed by atoms with Gasteiger partial charge in [-0.25, -0.2) is 4.79 Å². The quantitative estimate of drug-likeness (QED) is 0.743. The van der Waals surface area contributed by atoms with Crippen molar-refractivity contribution in [1.82, 2.24) is 10.6 Å². The Bertz CT molecular complexity index is 441. The van der Waals surface area contributed by atoms with Crippen LogP contribution in [0, 0.1) is 0 Å². The summed E-state index contributed by atoms with van der Waals surface area (Å²) in [5, 5.41) is 6.04. The van der Waals surface area contributed by atoms with Crippen LogP contribution < -0.4 is 10.6 Å². The average molecular weight is 252 g/mol. The van der Waals surface area contributed by atoms with Crippen molar-refractivity contribution in [2.24, 2.45) is 0 Å². The van der Waals surface area contributed by atoms with Crippen molar-refractivity contribution in [1.29, 1.82) is 0 Å². The Morgan fingerprint density at radius 3 is 3.17 bits per heavy atom. The monoisotopic (exact) mass is 252 g/mol. The second-order valence-corrected chi connectivity index (χ2v) is 4.23. The molecule has 0 spiro atoms. The first-order chi connectivity index (χ1) is 8.69. The second-order valence-electron chi connectivity index (χ2n) is 4.23. The van der Waals surface area contributed by atoms with E-state index in [2.05, 4.69) is 15.4 Å². The zero-order chi connectivity index (χ0) is 13.0. The zero-order valence-corrected chi connectivity index (χ0v) is 10.2. The van der Waals surface area contributed by atoms with Crippen molar-refractivity contribution in [2.75, 3.05) is 13.7 Å². The summed E-state index contributed by atoms with van der Waals surface area (Å²) in [4.78, 5) is 22.2. The highest BCUT2D eigenvalue weighted by Crippen LogP contribution is 2.09. The smallest absolute Gasteiger partial charge is 0.341 e. The summed E-state index contributed by atoms with van der Waals surface area (Å²) in [6, 6.07) is 1.83. The van der Waals surface area contributed by atoms with E-state index < -0.39 is 5.97 Å². The van der Waals surface area contributed by atoms with Gasteiger partial charge < -0.3 is 19.8 Å². The molecule has 0 bridgehead atoms. The fourth-order valence-electron chi connectivity index (χ4n) is 1.90. The Morgan fingerprint density at radius 1 is 1.67 bits per heavy atom. The standard InChI is InChI=1S/C12H16N2O4/c1-17-12(16)8-4-10(18-7-8)6-13-5-9-2-3-11(15)14-9/h4,7,9,13H,2-3,5-6H2,1H3,(H,14,15). The highest BCUT2D eigenvalue weighted by atomic mass is 16.5. The lowest BCUT2D eigenvalue weighted by molar-refractivity contribution is -0.119. The summed E-state index contributed by atoms with van der Waals surface area (Å²) in [6.45, 7) is 1.21. The number of carbonyl (C=O) groups excluding carboxylic acids is 2. The maximum atomic E-state index is 11.2. The van der Waals surface area contributed by atoms with Crippen molar-refractivity contribution in [3.05, 3.63) is 23.7 Å². The molecule has 1 saturated heterocycles. The van der Waals surface area contributed by atoms with E-state index in [0.717, 1.165) is 6.42 Å². The van der Waals surface area contributed by atoms with Crippen LogP contribution in [0.25, 0.3) is 0 Å². The van der Waals surface area contributed by atoms with Crippen LogP contribution in [-0.2, 0) is 16.1 Å². The molecule has 6 heteroatoms. The van der Waals surface area contributed by atoms with Gasteiger partial charge in [0.1, 0.15) is 12.0 Å². The van der Waals surface area contributed by atoms with Crippen LogP contribution in [0.4, 0.5) is 0 Å². The third kappa shape index (κ3) is 3.10. The van der Waals surface area contributed by atoms with E-state index >= 15 is 0 Å². The summed E-state index contributed by atoms with van der Waals surface area (Å²) >= 11 is 0. The molecule has 0 saturated carbocycles. The molecule has 1 aliphatic heterocycles. The highest BCUT2D eigenvalue weighted by Gasteiger charge is 2.20. The van der Waals surface area contributed by atoms with Crippen LogP contribution in [-0.4, -0.2) is 31.6 Å². The van der Waals surface area contributed by atoms with Crippen LogP contribution in [0.2, 0.25) is 0 Å². The molecule has 2 N–H and O–H groups in total. The number of carbonyl (C=O) groups is 2. The number of hydrogen-bond acceptors (Lipinski definition) is 5. The van der Waals surface area contributed by atoms with Gasteiger partial charge in [0.25, 0.3) is 0 Å². The van der Waals surface area contributed by atoms with E-state index in [1.165, 1.54) is 13.4 Å². The molecule has 2 rings (SSSR count). The molecule has 98 valence electrons. The van der Waals surface area contributed by atoms with E-state index in [4.69, 9.17) is 4.42 Å². The molecule has 1 amide bonds. The van der Waals surface area contributed by atoms with Gasteiger partial charge in [0.05, 0.1) is 19.2 Å². The Morgan fingerprint density at radius 2 is 2.50 bits per heavy atom. The molecule has 1 unspecified atom stereocenters. The summed E-state index contributed by atoms with van der Waals surface area (Å²) in [6.07, 6.45) is 2.83. The normalized spacial score (nSPS) is 18.7. The van der Waals surface area contributed by atoms with Gasteiger partial charge in [-0.1, -0.05) is 0 Å². The average Bonchev–Trinajstić information content (AvgIpc) is 2.98. The maximum Gasteiger partial charge on any atom is 0.341 e. The molecule has 1 aliphatic rings. The third-order valence-electron chi connectivity index (χ3n) is 2.85. The lowest BCUT2D eigenvalue weighted by atomic mass is 10.2. The molecule has 2 heterocycles. The van der Waals surface area contributed by atoms with Gasteiger partial charge in [0, 0.05) is 19.0 Å². The second kappa shape index (κ2) is 5.68. The van der Waals surface area contributed by atoms with Crippen LogP contribution in [0.15, 0.2) is 16.7 Å². The Labute approximate surface area is 105 Å². The summed E-state index contributed by atoms with van der Waals surface area (Å²) in [5.74, 6) is 0.362. The Balaban J connectivity index is 1.75. The lowest BCUT2D eigenvalue weighted by Gasteiger charge is -2.09. The molecule has 18 heavy (non-hydrogen) atoms. The van der Waals surface area contributed by atoms with Gasteiger partial charge in [-0.05, 0) is 12.5 Å². The number of nitrogens with one attached hydrogen (secondary N) is 2. The SMILES string of the molecule is COC(=O)c1coc(CNCC2CCC(=O)N2)c1. The van der Waals surface area contributed by atoms with Crippen molar-refractivity contribution >= 4 is 11.9 Å². The molecule has 1 aromatic rings. The first-order valence-corrected chi connectivity index (χ1v) is 5.85. The predicted octanol–water partition coefficient (Wildman–Crippen LogP) is 0.434. The first-order valence-electron chi connectivity index (χ1n) is 5.85. The van der Waals surface area contributed by atoms with E-state index in [1.54, 1.807) is 6.07 Å². The van der Waals surface area contributed by atoms with Crippen LogP contribution in [0.5, 0.6) is 0 Å². The summed E-state index contributed by atoms with van der Waals surface area (Å²) in [7, 11) is 1.33. The zero-order valence-electron chi connectivity index (χ0n) is 10.2. The van der Waals surface area contributed by atoms with Gasteiger partial charge >= 0.3 is 5.97 Å². The Hall–Kier alpha value is -1.82. The van der Waals surface area contributed by atoms with Gasteiger partial charge in [-0.2, -0.15) is 0 Å². The minimum Gasteiger partial charge on any atom is -0.467 e. The number of rotatable bonds is 5. The number of esters is 1.